The average molecular weight is 151 g/mol. The van der Waals surface area contributed by atoms with Gasteiger partial charge in [0, 0.05) is 12.8 Å². The molecule has 0 aromatic heterocycles. The predicted octanol–water partition coefficient (Wildman–Crippen LogP) is 0.721. The maximum Gasteiger partial charge on any atom is 0.150 e. The molecule has 1 rings (SSSR count). The molecule has 1 heterocycles. The first kappa shape index (κ1) is 8.29. The molecule has 0 spiro atoms. The van der Waals surface area contributed by atoms with Gasteiger partial charge in [0.1, 0.15) is 0 Å². The standard InChI is InChI=1S/C9H13NO/c1-2-3-6-9(11)8-5-4-7-10-8/h1,8,10H,3-7H2/t8-/m0/s1. The summed E-state index contributed by atoms with van der Waals surface area (Å²) in [5, 5.41) is 3.15. The van der Waals surface area contributed by atoms with Crippen LogP contribution < -0.4 is 5.32 Å². The number of nitrogens with one attached hydrogen (secondary N) is 1. The smallest absolute Gasteiger partial charge is 0.150 e. The van der Waals surface area contributed by atoms with E-state index in [1.807, 2.05) is 0 Å². The second-order valence-electron chi connectivity index (χ2n) is 2.82. The van der Waals surface area contributed by atoms with Crippen molar-refractivity contribution in [3.05, 3.63) is 0 Å². The van der Waals surface area contributed by atoms with Gasteiger partial charge in [-0.1, -0.05) is 0 Å². The van der Waals surface area contributed by atoms with Crippen molar-refractivity contribution in [3.63, 3.8) is 0 Å². The van der Waals surface area contributed by atoms with Gasteiger partial charge in [-0.2, -0.15) is 0 Å². The molecule has 0 amide bonds. The molecule has 1 saturated heterocycles. The molecule has 1 fully saturated rings. The van der Waals surface area contributed by atoms with Crippen LogP contribution in [0.15, 0.2) is 0 Å². The highest BCUT2D eigenvalue weighted by Crippen LogP contribution is 2.08. The van der Waals surface area contributed by atoms with E-state index >= 15 is 0 Å². The lowest BCUT2D eigenvalue weighted by atomic mass is 10.1. The second kappa shape index (κ2) is 4.15. The lowest BCUT2D eigenvalue weighted by Gasteiger charge is -2.06. The van der Waals surface area contributed by atoms with Crippen molar-refractivity contribution in [1.29, 1.82) is 0 Å². The summed E-state index contributed by atoms with van der Waals surface area (Å²) >= 11 is 0. The Morgan fingerprint density at radius 1 is 1.73 bits per heavy atom. The normalized spacial score (nSPS) is 23.0. The Hall–Kier alpha value is -0.810. The minimum atomic E-state index is 0.100. The van der Waals surface area contributed by atoms with Crippen LogP contribution in [0.25, 0.3) is 0 Å². The summed E-state index contributed by atoms with van der Waals surface area (Å²) in [7, 11) is 0. The van der Waals surface area contributed by atoms with E-state index < -0.39 is 0 Å². The van der Waals surface area contributed by atoms with E-state index in [-0.39, 0.29) is 11.8 Å². The second-order valence-corrected chi connectivity index (χ2v) is 2.82. The SMILES string of the molecule is C#CCCC(=O)[C@@H]1CCCN1. The van der Waals surface area contributed by atoms with Crippen LogP contribution in [0, 0.1) is 12.3 Å². The van der Waals surface area contributed by atoms with Crippen molar-refractivity contribution in [2.45, 2.75) is 31.7 Å². The molecule has 0 saturated carbocycles. The fraction of sp³-hybridized carbons (Fsp3) is 0.667. The molecular weight excluding hydrogens is 138 g/mol. The lowest BCUT2D eigenvalue weighted by Crippen LogP contribution is -2.30. The number of hydrogen-bond donors (Lipinski definition) is 1. The molecule has 1 aliphatic heterocycles. The van der Waals surface area contributed by atoms with Crippen LogP contribution in [0.1, 0.15) is 25.7 Å². The number of carbonyl (C=O) groups excluding carboxylic acids is 1. The number of ketones is 1. The van der Waals surface area contributed by atoms with E-state index in [0.717, 1.165) is 19.4 Å². The van der Waals surface area contributed by atoms with Gasteiger partial charge in [0.15, 0.2) is 5.78 Å². The Bertz CT molecular complexity index is 174. The molecule has 60 valence electrons. The van der Waals surface area contributed by atoms with E-state index in [0.29, 0.717) is 12.8 Å². The molecule has 0 bridgehead atoms. The minimum absolute atomic E-state index is 0.100. The van der Waals surface area contributed by atoms with Gasteiger partial charge in [-0.15, -0.1) is 12.3 Å². The van der Waals surface area contributed by atoms with Crippen molar-refractivity contribution in [2.75, 3.05) is 6.54 Å². The Balaban J connectivity index is 2.24. The monoisotopic (exact) mass is 151 g/mol. The van der Waals surface area contributed by atoms with Gasteiger partial charge >= 0.3 is 0 Å². The highest BCUT2D eigenvalue weighted by atomic mass is 16.1. The molecule has 0 aromatic carbocycles. The van der Waals surface area contributed by atoms with Gasteiger partial charge in [0.05, 0.1) is 6.04 Å². The Morgan fingerprint density at radius 2 is 2.55 bits per heavy atom. The number of hydrogen-bond acceptors (Lipinski definition) is 2. The zero-order valence-corrected chi connectivity index (χ0v) is 6.60. The maximum absolute atomic E-state index is 11.2. The van der Waals surface area contributed by atoms with E-state index in [1.54, 1.807) is 0 Å². The number of rotatable bonds is 3. The maximum atomic E-state index is 11.2. The number of Topliss-reactive ketones (excluding diaryl/α,β-unsaturated/α-hetero) is 1. The lowest BCUT2D eigenvalue weighted by molar-refractivity contribution is -0.120. The first-order chi connectivity index (χ1) is 5.34. The van der Waals surface area contributed by atoms with Crippen LogP contribution in [-0.4, -0.2) is 18.4 Å². The molecule has 0 radical (unpaired) electrons. The van der Waals surface area contributed by atoms with Gasteiger partial charge in [-0.25, -0.2) is 0 Å². The minimum Gasteiger partial charge on any atom is -0.307 e. The van der Waals surface area contributed by atoms with Crippen LogP contribution in [0.3, 0.4) is 0 Å². The van der Waals surface area contributed by atoms with E-state index in [2.05, 4.69) is 11.2 Å². The van der Waals surface area contributed by atoms with Crippen molar-refractivity contribution in [3.8, 4) is 12.3 Å². The summed E-state index contributed by atoms with van der Waals surface area (Å²) in [6.07, 6.45) is 8.28. The summed E-state index contributed by atoms with van der Waals surface area (Å²) in [5.41, 5.74) is 0. The van der Waals surface area contributed by atoms with Crippen LogP contribution in [0.5, 0.6) is 0 Å². The van der Waals surface area contributed by atoms with Gasteiger partial charge in [-0.05, 0) is 19.4 Å². The zero-order chi connectivity index (χ0) is 8.10. The predicted molar refractivity (Wildman–Crippen MR) is 44.1 cm³/mol. The summed E-state index contributed by atoms with van der Waals surface area (Å²) in [6.45, 7) is 0.979. The van der Waals surface area contributed by atoms with Crippen LogP contribution in [-0.2, 0) is 4.79 Å². The van der Waals surface area contributed by atoms with E-state index in [9.17, 15) is 4.79 Å². The summed E-state index contributed by atoms with van der Waals surface area (Å²) in [6, 6.07) is 0.100. The third-order valence-electron chi connectivity index (χ3n) is 1.96. The molecule has 1 aliphatic rings. The fourth-order valence-electron chi connectivity index (χ4n) is 1.33. The molecule has 2 nitrogen and oxygen atoms in total. The third kappa shape index (κ3) is 2.36. The van der Waals surface area contributed by atoms with Crippen molar-refractivity contribution in [1.82, 2.24) is 5.32 Å². The van der Waals surface area contributed by atoms with Crippen LogP contribution >= 0.6 is 0 Å². The molecule has 0 aromatic rings. The Labute approximate surface area is 67.4 Å². The van der Waals surface area contributed by atoms with Gasteiger partial charge in [-0.3, -0.25) is 4.79 Å². The zero-order valence-electron chi connectivity index (χ0n) is 6.60. The Kier molecular flexibility index (Phi) is 3.13. The quantitative estimate of drug-likeness (QED) is 0.602. The largest absolute Gasteiger partial charge is 0.307 e. The van der Waals surface area contributed by atoms with Crippen LogP contribution in [0.2, 0.25) is 0 Å². The topological polar surface area (TPSA) is 29.1 Å². The molecule has 1 N–H and O–H groups in total. The molecule has 0 unspecified atom stereocenters. The Morgan fingerprint density at radius 3 is 3.09 bits per heavy atom. The van der Waals surface area contributed by atoms with Crippen molar-refractivity contribution in [2.24, 2.45) is 0 Å². The number of carbonyl (C=O) groups is 1. The molecule has 0 aliphatic carbocycles. The highest BCUT2D eigenvalue weighted by molar-refractivity contribution is 5.84. The molecular formula is C9H13NO. The molecule has 1 atom stereocenters. The summed E-state index contributed by atoms with van der Waals surface area (Å²) < 4.78 is 0. The van der Waals surface area contributed by atoms with E-state index in [4.69, 9.17) is 6.42 Å². The average Bonchev–Trinajstić information content (AvgIpc) is 2.52. The fourth-order valence-corrected chi connectivity index (χ4v) is 1.33. The van der Waals surface area contributed by atoms with Gasteiger partial charge < -0.3 is 5.32 Å². The van der Waals surface area contributed by atoms with Crippen molar-refractivity contribution < 1.29 is 4.79 Å². The third-order valence-corrected chi connectivity index (χ3v) is 1.96. The van der Waals surface area contributed by atoms with Gasteiger partial charge in [0.25, 0.3) is 0 Å². The molecule has 2 heteroatoms. The first-order valence-corrected chi connectivity index (χ1v) is 4.04. The van der Waals surface area contributed by atoms with Crippen LogP contribution in [0.4, 0.5) is 0 Å². The summed E-state index contributed by atoms with van der Waals surface area (Å²) in [5.74, 6) is 2.75. The highest BCUT2D eigenvalue weighted by Gasteiger charge is 2.20. The molecule has 11 heavy (non-hydrogen) atoms. The first-order valence-electron chi connectivity index (χ1n) is 4.04. The van der Waals surface area contributed by atoms with E-state index in [1.165, 1.54) is 0 Å². The van der Waals surface area contributed by atoms with Gasteiger partial charge in [0.2, 0.25) is 0 Å². The summed E-state index contributed by atoms with van der Waals surface area (Å²) in [4.78, 5) is 11.2. The number of terminal acetylenes is 1. The van der Waals surface area contributed by atoms with Crippen molar-refractivity contribution >= 4 is 5.78 Å².